The summed E-state index contributed by atoms with van der Waals surface area (Å²) in [5, 5.41) is 13.0. The minimum atomic E-state index is -1.17. The van der Waals surface area contributed by atoms with Crippen LogP contribution in [0.25, 0.3) is 0 Å². The Morgan fingerprint density at radius 1 is 1.55 bits per heavy atom. The number of carbonyl (C=O) groups excluding carboxylic acids is 1. The van der Waals surface area contributed by atoms with Gasteiger partial charge in [-0.05, 0) is 50.9 Å². The van der Waals surface area contributed by atoms with E-state index in [4.69, 9.17) is 4.42 Å². The molecule has 5 heteroatoms. The predicted octanol–water partition coefficient (Wildman–Crippen LogP) is 1.34. The molecule has 1 saturated heterocycles. The van der Waals surface area contributed by atoms with Gasteiger partial charge in [-0.25, -0.2) is 0 Å². The molecule has 2 rings (SSSR count). The molecule has 1 aromatic heterocycles. The number of aliphatic hydroxyl groups is 1. The van der Waals surface area contributed by atoms with Gasteiger partial charge < -0.3 is 14.8 Å². The summed E-state index contributed by atoms with van der Waals surface area (Å²) >= 11 is 0. The molecular formula is C15H24N2O3. The summed E-state index contributed by atoms with van der Waals surface area (Å²) in [6, 6.07) is 3.43. The number of amides is 1. The standard InChI is InChI=1S/C15H24N2O3/c1-12-5-7-17(8-6-12)10-14(18)16-11-15(2,19)13-4-3-9-20-13/h3-4,9,12,19H,5-8,10-11H2,1-2H3,(H,16,18). The first-order valence-corrected chi connectivity index (χ1v) is 7.23. The number of nitrogens with one attached hydrogen (secondary N) is 1. The molecule has 0 radical (unpaired) electrons. The van der Waals surface area contributed by atoms with Crippen LogP contribution in [0.2, 0.25) is 0 Å². The summed E-state index contributed by atoms with van der Waals surface area (Å²) in [6.45, 7) is 6.39. The van der Waals surface area contributed by atoms with Crippen molar-refractivity contribution in [3.63, 3.8) is 0 Å². The third kappa shape index (κ3) is 4.08. The highest BCUT2D eigenvalue weighted by atomic mass is 16.4. The van der Waals surface area contributed by atoms with Gasteiger partial charge in [-0.1, -0.05) is 6.92 Å². The quantitative estimate of drug-likeness (QED) is 0.854. The average Bonchev–Trinajstić information content (AvgIpc) is 2.94. The molecule has 1 unspecified atom stereocenters. The summed E-state index contributed by atoms with van der Waals surface area (Å²) in [5.74, 6) is 1.17. The van der Waals surface area contributed by atoms with Crippen molar-refractivity contribution >= 4 is 5.91 Å². The Labute approximate surface area is 119 Å². The van der Waals surface area contributed by atoms with E-state index >= 15 is 0 Å². The van der Waals surface area contributed by atoms with E-state index in [1.54, 1.807) is 19.1 Å². The number of likely N-dealkylation sites (tertiary alicyclic amines) is 1. The first-order valence-electron chi connectivity index (χ1n) is 7.23. The molecule has 0 aliphatic carbocycles. The van der Waals surface area contributed by atoms with Crippen LogP contribution in [-0.4, -0.2) is 42.1 Å². The SMILES string of the molecule is CC1CCN(CC(=O)NCC(C)(O)c2ccco2)CC1. The Bertz CT molecular complexity index is 420. The zero-order valence-electron chi connectivity index (χ0n) is 12.3. The monoisotopic (exact) mass is 280 g/mol. The number of nitrogens with zero attached hydrogens (tertiary/aromatic N) is 1. The maximum absolute atomic E-state index is 11.9. The van der Waals surface area contributed by atoms with Crippen LogP contribution < -0.4 is 5.32 Å². The van der Waals surface area contributed by atoms with Crippen LogP contribution in [0.4, 0.5) is 0 Å². The lowest BCUT2D eigenvalue weighted by molar-refractivity contribution is -0.123. The van der Waals surface area contributed by atoms with Gasteiger partial charge in [0.05, 0.1) is 19.4 Å². The molecule has 5 nitrogen and oxygen atoms in total. The van der Waals surface area contributed by atoms with Crippen molar-refractivity contribution in [3.8, 4) is 0 Å². The van der Waals surface area contributed by atoms with Gasteiger partial charge >= 0.3 is 0 Å². The van der Waals surface area contributed by atoms with Gasteiger partial charge in [-0.15, -0.1) is 0 Å². The highest BCUT2D eigenvalue weighted by molar-refractivity contribution is 5.78. The summed E-state index contributed by atoms with van der Waals surface area (Å²) < 4.78 is 5.18. The summed E-state index contributed by atoms with van der Waals surface area (Å²) in [7, 11) is 0. The van der Waals surface area contributed by atoms with Gasteiger partial charge in [0.25, 0.3) is 0 Å². The second kappa shape index (κ2) is 6.41. The Morgan fingerprint density at radius 2 is 2.25 bits per heavy atom. The fraction of sp³-hybridized carbons (Fsp3) is 0.667. The van der Waals surface area contributed by atoms with Crippen molar-refractivity contribution in [1.82, 2.24) is 10.2 Å². The second-order valence-electron chi connectivity index (χ2n) is 5.99. The maximum Gasteiger partial charge on any atom is 0.234 e. The van der Waals surface area contributed by atoms with Crippen LogP contribution in [-0.2, 0) is 10.4 Å². The lowest BCUT2D eigenvalue weighted by Crippen LogP contribution is -2.45. The van der Waals surface area contributed by atoms with Crippen molar-refractivity contribution in [1.29, 1.82) is 0 Å². The van der Waals surface area contributed by atoms with E-state index in [-0.39, 0.29) is 12.5 Å². The van der Waals surface area contributed by atoms with Gasteiger partial charge in [0.15, 0.2) is 0 Å². The van der Waals surface area contributed by atoms with Crippen LogP contribution in [0.3, 0.4) is 0 Å². The van der Waals surface area contributed by atoms with Crippen molar-refractivity contribution < 1.29 is 14.3 Å². The summed E-state index contributed by atoms with van der Waals surface area (Å²) in [4.78, 5) is 14.1. The first kappa shape index (κ1) is 15.1. The van der Waals surface area contributed by atoms with Crippen LogP contribution in [0, 0.1) is 5.92 Å². The van der Waals surface area contributed by atoms with Crippen molar-refractivity contribution in [2.45, 2.75) is 32.3 Å². The molecule has 1 fully saturated rings. The van der Waals surface area contributed by atoms with Crippen LogP contribution in [0.15, 0.2) is 22.8 Å². The van der Waals surface area contributed by atoms with E-state index in [0.29, 0.717) is 12.3 Å². The maximum atomic E-state index is 11.9. The zero-order chi connectivity index (χ0) is 14.6. The molecule has 0 bridgehead atoms. The third-order valence-electron chi connectivity index (χ3n) is 3.93. The molecule has 2 N–H and O–H groups in total. The molecule has 1 atom stereocenters. The molecule has 20 heavy (non-hydrogen) atoms. The number of hydrogen-bond donors (Lipinski definition) is 2. The Kier molecular flexibility index (Phi) is 4.83. The van der Waals surface area contributed by atoms with Gasteiger partial charge in [0, 0.05) is 0 Å². The van der Waals surface area contributed by atoms with Gasteiger partial charge in [0.2, 0.25) is 5.91 Å². The largest absolute Gasteiger partial charge is 0.466 e. The summed E-state index contributed by atoms with van der Waals surface area (Å²) in [6.07, 6.45) is 3.81. The highest BCUT2D eigenvalue weighted by Crippen LogP contribution is 2.20. The van der Waals surface area contributed by atoms with E-state index in [9.17, 15) is 9.90 Å². The van der Waals surface area contributed by atoms with Crippen LogP contribution in [0.1, 0.15) is 32.4 Å². The number of rotatable bonds is 5. The van der Waals surface area contributed by atoms with E-state index < -0.39 is 5.60 Å². The lowest BCUT2D eigenvalue weighted by atomic mass is 9.99. The molecule has 112 valence electrons. The van der Waals surface area contributed by atoms with Gasteiger partial charge in [-0.2, -0.15) is 0 Å². The average molecular weight is 280 g/mol. The van der Waals surface area contributed by atoms with Gasteiger partial charge in [0.1, 0.15) is 11.4 Å². The molecule has 1 amide bonds. The predicted molar refractivity (Wildman–Crippen MR) is 76.1 cm³/mol. The number of carbonyl (C=O) groups is 1. The summed E-state index contributed by atoms with van der Waals surface area (Å²) in [5.41, 5.74) is -1.17. The molecule has 0 aromatic carbocycles. The van der Waals surface area contributed by atoms with Crippen molar-refractivity contribution in [3.05, 3.63) is 24.2 Å². The Balaban J connectivity index is 1.75. The second-order valence-corrected chi connectivity index (χ2v) is 5.99. The zero-order valence-corrected chi connectivity index (χ0v) is 12.3. The fourth-order valence-corrected chi connectivity index (χ4v) is 2.42. The number of hydrogen-bond acceptors (Lipinski definition) is 4. The van der Waals surface area contributed by atoms with Crippen LogP contribution in [0.5, 0.6) is 0 Å². The van der Waals surface area contributed by atoms with E-state index in [1.165, 1.54) is 6.26 Å². The van der Waals surface area contributed by atoms with E-state index in [0.717, 1.165) is 31.8 Å². The molecule has 0 spiro atoms. The lowest BCUT2D eigenvalue weighted by Gasteiger charge is -2.30. The van der Waals surface area contributed by atoms with E-state index in [1.807, 2.05) is 0 Å². The van der Waals surface area contributed by atoms with Crippen LogP contribution >= 0.6 is 0 Å². The Morgan fingerprint density at radius 3 is 2.85 bits per heavy atom. The Hall–Kier alpha value is -1.33. The van der Waals surface area contributed by atoms with Crippen molar-refractivity contribution in [2.24, 2.45) is 5.92 Å². The number of furan rings is 1. The minimum absolute atomic E-state index is 0.0496. The first-order chi connectivity index (χ1) is 9.47. The smallest absolute Gasteiger partial charge is 0.234 e. The molecule has 1 aromatic rings. The molecule has 1 aliphatic heterocycles. The van der Waals surface area contributed by atoms with E-state index in [2.05, 4.69) is 17.1 Å². The van der Waals surface area contributed by atoms with Crippen molar-refractivity contribution in [2.75, 3.05) is 26.2 Å². The fourth-order valence-electron chi connectivity index (χ4n) is 2.42. The molecule has 0 saturated carbocycles. The topological polar surface area (TPSA) is 65.7 Å². The van der Waals surface area contributed by atoms with Gasteiger partial charge in [-0.3, -0.25) is 9.69 Å². The number of piperidine rings is 1. The molecule has 2 heterocycles. The molecule has 1 aliphatic rings. The third-order valence-corrected chi connectivity index (χ3v) is 3.93. The normalized spacial score (nSPS) is 20.6. The molecular weight excluding hydrogens is 256 g/mol. The minimum Gasteiger partial charge on any atom is -0.466 e. The highest BCUT2D eigenvalue weighted by Gasteiger charge is 2.27.